The fraction of sp³-hybridized carbons (Fsp3) is 0.143. The van der Waals surface area contributed by atoms with Gasteiger partial charge in [0.05, 0.1) is 0 Å². The fourth-order valence-electron chi connectivity index (χ4n) is 0.329. The standard InChI is InChI=1S/C7H8O4.Mg.2H/c1-2-5-11-7(10)4-3-6(8)9;;;/h2-4H,1,5H2,(H,8,9);;;/q;+2;2*-1. The average molecular weight is 182 g/mol. The van der Waals surface area contributed by atoms with Crippen molar-refractivity contribution in [1.82, 2.24) is 0 Å². The van der Waals surface area contributed by atoms with Gasteiger partial charge in [0.25, 0.3) is 0 Å². The molecule has 0 radical (unpaired) electrons. The molecule has 0 spiro atoms. The van der Waals surface area contributed by atoms with Gasteiger partial charge in [-0.15, -0.1) is 0 Å². The first-order chi connectivity index (χ1) is 5.16. The second-order valence-corrected chi connectivity index (χ2v) is 1.59. The van der Waals surface area contributed by atoms with Crippen molar-refractivity contribution in [2.45, 2.75) is 0 Å². The van der Waals surface area contributed by atoms with Gasteiger partial charge in [-0.25, -0.2) is 9.59 Å². The predicted molar refractivity (Wildman–Crippen MR) is 45.9 cm³/mol. The van der Waals surface area contributed by atoms with Crippen molar-refractivity contribution in [2.24, 2.45) is 0 Å². The van der Waals surface area contributed by atoms with Gasteiger partial charge in [0.15, 0.2) is 0 Å². The number of carboxylic acids is 1. The molecule has 5 heteroatoms. The van der Waals surface area contributed by atoms with Gasteiger partial charge in [-0.1, -0.05) is 12.7 Å². The van der Waals surface area contributed by atoms with E-state index in [1.54, 1.807) is 0 Å². The van der Waals surface area contributed by atoms with E-state index < -0.39 is 11.9 Å². The summed E-state index contributed by atoms with van der Waals surface area (Å²) in [5.74, 6) is -1.87. The van der Waals surface area contributed by atoms with Crippen LogP contribution in [-0.2, 0) is 14.3 Å². The van der Waals surface area contributed by atoms with Crippen molar-refractivity contribution in [2.75, 3.05) is 6.61 Å². The Bertz CT molecular complexity index is 206. The Morgan fingerprint density at radius 3 is 2.50 bits per heavy atom. The van der Waals surface area contributed by atoms with Crippen LogP contribution in [0.25, 0.3) is 0 Å². The number of carboxylic acid groups (broad SMARTS) is 1. The summed E-state index contributed by atoms with van der Waals surface area (Å²) in [6.07, 6.45) is 2.95. The second-order valence-electron chi connectivity index (χ2n) is 1.59. The van der Waals surface area contributed by atoms with E-state index in [0.29, 0.717) is 6.08 Å². The molecule has 0 fully saturated rings. The van der Waals surface area contributed by atoms with Crippen LogP contribution in [0.4, 0.5) is 0 Å². The number of carbonyl (C=O) groups is 2. The maximum absolute atomic E-state index is 10.5. The third-order valence-corrected chi connectivity index (χ3v) is 0.705. The van der Waals surface area contributed by atoms with Crippen molar-refractivity contribution in [1.29, 1.82) is 0 Å². The minimum Gasteiger partial charge on any atom is -1.00 e. The molecule has 64 valence electrons. The molecular formula is C7H10MgO4. The molecule has 0 unspecified atom stereocenters. The van der Waals surface area contributed by atoms with E-state index in [0.717, 1.165) is 6.08 Å². The second kappa shape index (κ2) is 8.28. The summed E-state index contributed by atoms with van der Waals surface area (Å²) in [6.45, 7) is 3.40. The summed E-state index contributed by atoms with van der Waals surface area (Å²) in [7, 11) is 0. The Morgan fingerprint density at radius 2 is 2.08 bits per heavy atom. The van der Waals surface area contributed by atoms with Gasteiger partial charge < -0.3 is 12.7 Å². The third kappa shape index (κ3) is 9.19. The number of esters is 1. The molecule has 0 aromatic carbocycles. The van der Waals surface area contributed by atoms with Gasteiger partial charge in [-0.2, -0.15) is 0 Å². The Kier molecular flexibility index (Phi) is 9.50. The molecule has 0 amide bonds. The van der Waals surface area contributed by atoms with Crippen molar-refractivity contribution < 1.29 is 22.3 Å². The molecule has 0 aliphatic rings. The van der Waals surface area contributed by atoms with Crippen LogP contribution in [0.3, 0.4) is 0 Å². The smallest absolute Gasteiger partial charge is 1.00 e. The first kappa shape index (κ1) is 13.8. The first-order valence-corrected chi connectivity index (χ1v) is 2.85. The number of rotatable bonds is 4. The molecule has 12 heavy (non-hydrogen) atoms. The molecule has 4 nitrogen and oxygen atoms in total. The molecule has 0 aliphatic heterocycles. The van der Waals surface area contributed by atoms with Crippen molar-refractivity contribution in [3.63, 3.8) is 0 Å². The van der Waals surface area contributed by atoms with Crippen molar-refractivity contribution in [3.05, 3.63) is 24.8 Å². The largest absolute Gasteiger partial charge is 2.00 e. The third-order valence-electron chi connectivity index (χ3n) is 0.705. The predicted octanol–water partition coefficient (Wildman–Crippen LogP) is 0.201. The van der Waals surface area contributed by atoms with E-state index in [1.807, 2.05) is 0 Å². The SMILES string of the molecule is C=CCOC(=O)C=CC(=O)O.[H-].[H-].[Mg+2]. The normalized spacial score (nSPS) is 8.67. The number of hydrogen-bond donors (Lipinski definition) is 1. The van der Waals surface area contributed by atoms with Crippen LogP contribution in [0.15, 0.2) is 24.8 Å². The summed E-state index contributed by atoms with van der Waals surface area (Å²) < 4.78 is 4.43. The number of aliphatic carboxylic acids is 1. The van der Waals surface area contributed by atoms with E-state index in [2.05, 4.69) is 11.3 Å². The van der Waals surface area contributed by atoms with E-state index in [-0.39, 0.29) is 32.5 Å². The van der Waals surface area contributed by atoms with Crippen LogP contribution in [0.1, 0.15) is 2.85 Å². The Labute approximate surface area is 89.0 Å². The van der Waals surface area contributed by atoms with Crippen molar-refractivity contribution in [3.8, 4) is 0 Å². The van der Waals surface area contributed by atoms with Crippen LogP contribution in [0.5, 0.6) is 0 Å². The quantitative estimate of drug-likeness (QED) is 0.292. The van der Waals surface area contributed by atoms with Crippen LogP contribution < -0.4 is 0 Å². The number of carbonyl (C=O) groups excluding carboxylic acids is 1. The van der Waals surface area contributed by atoms with Gasteiger partial charge in [0, 0.05) is 12.2 Å². The zero-order valence-corrected chi connectivity index (χ0v) is 7.94. The van der Waals surface area contributed by atoms with E-state index in [4.69, 9.17) is 5.11 Å². The van der Waals surface area contributed by atoms with Gasteiger partial charge >= 0.3 is 35.0 Å². The summed E-state index contributed by atoms with van der Waals surface area (Å²) in [5.41, 5.74) is 0. The van der Waals surface area contributed by atoms with E-state index >= 15 is 0 Å². The molecule has 0 rings (SSSR count). The molecule has 0 atom stereocenters. The topological polar surface area (TPSA) is 63.6 Å². The van der Waals surface area contributed by atoms with Crippen LogP contribution in [0.2, 0.25) is 0 Å². The zero-order valence-electron chi connectivity index (χ0n) is 8.53. The molecule has 1 N–H and O–H groups in total. The summed E-state index contributed by atoms with van der Waals surface area (Å²) in [5, 5.41) is 8.07. The van der Waals surface area contributed by atoms with Crippen LogP contribution >= 0.6 is 0 Å². The fourth-order valence-corrected chi connectivity index (χ4v) is 0.329. The number of ether oxygens (including phenoxy) is 1. The summed E-state index contributed by atoms with van der Waals surface area (Å²) in [4.78, 5) is 20.3. The average Bonchev–Trinajstić information content (AvgIpc) is 1.97. The molecule has 0 heterocycles. The molecule has 0 saturated heterocycles. The van der Waals surface area contributed by atoms with Gasteiger partial charge in [0.2, 0.25) is 0 Å². The Morgan fingerprint density at radius 1 is 1.50 bits per heavy atom. The van der Waals surface area contributed by atoms with Gasteiger partial charge in [-0.05, 0) is 0 Å². The van der Waals surface area contributed by atoms with Crippen LogP contribution in [0, 0.1) is 0 Å². The summed E-state index contributed by atoms with van der Waals surface area (Å²) >= 11 is 0. The van der Waals surface area contributed by atoms with E-state index in [1.165, 1.54) is 6.08 Å². The minimum absolute atomic E-state index is 0. The van der Waals surface area contributed by atoms with Gasteiger partial charge in [0.1, 0.15) is 6.61 Å². The summed E-state index contributed by atoms with van der Waals surface area (Å²) in [6, 6.07) is 0. The van der Waals surface area contributed by atoms with Crippen LogP contribution in [-0.4, -0.2) is 46.7 Å². The zero-order chi connectivity index (χ0) is 8.69. The molecule has 0 saturated carbocycles. The molecule has 0 aromatic heterocycles. The minimum atomic E-state index is -1.18. The Hall–Kier alpha value is -0.814. The van der Waals surface area contributed by atoms with E-state index in [9.17, 15) is 9.59 Å². The van der Waals surface area contributed by atoms with Gasteiger partial charge in [-0.3, -0.25) is 0 Å². The molecular weight excluding hydrogens is 172 g/mol. The molecule has 0 bridgehead atoms. The first-order valence-electron chi connectivity index (χ1n) is 2.85. The maximum atomic E-state index is 10.5. The monoisotopic (exact) mass is 182 g/mol. The molecule has 0 aliphatic carbocycles. The molecule has 0 aromatic rings. The maximum Gasteiger partial charge on any atom is 2.00 e. The van der Waals surface area contributed by atoms with Crippen molar-refractivity contribution >= 4 is 35.0 Å². The number of hydrogen-bond acceptors (Lipinski definition) is 3. The Balaban J connectivity index is -0.000000167.